The fraction of sp³-hybridized carbons (Fsp3) is 0.0233. The molecule has 0 spiro atoms. The van der Waals surface area contributed by atoms with Gasteiger partial charge in [0.2, 0.25) is 0 Å². The van der Waals surface area contributed by atoms with Gasteiger partial charge in [-0.05, 0) is 75.1 Å². The van der Waals surface area contributed by atoms with Gasteiger partial charge in [0.1, 0.15) is 0 Å². The van der Waals surface area contributed by atoms with Crippen LogP contribution in [0.1, 0.15) is 11.8 Å². The Morgan fingerprint density at radius 3 is 1.89 bits per heavy atom. The van der Waals surface area contributed by atoms with Crippen molar-refractivity contribution in [2.75, 3.05) is 10.2 Å². The van der Waals surface area contributed by atoms with Gasteiger partial charge < -0.3 is 15.0 Å². The highest BCUT2D eigenvalue weighted by molar-refractivity contribution is 6.18. The molecule has 0 amide bonds. The van der Waals surface area contributed by atoms with Gasteiger partial charge in [0.15, 0.2) is 12.0 Å². The van der Waals surface area contributed by atoms with Crippen molar-refractivity contribution < 1.29 is 4.74 Å². The van der Waals surface area contributed by atoms with E-state index in [2.05, 4.69) is 174 Å². The van der Waals surface area contributed by atoms with Crippen molar-refractivity contribution in [2.45, 2.75) is 6.23 Å². The maximum absolute atomic E-state index is 6.65. The normalized spacial score (nSPS) is 13.8. The van der Waals surface area contributed by atoms with Crippen LogP contribution in [0.3, 0.4) is 0 Å². The Hall–Kier alpha value is -6.06. The van der Waals surface area contributed by atoms with Crippen molar-refractivity contribution in [3.63, 3.8) is 0 Å². The van der Waals surface area contributed by atoms with Crippen molar-refractivity contribution in [3.05, 3.63) is 175 Å². The molecule has 218 valence electrons. The van der Waals surface area contributed by atoms with Crippen LogP contribution in [0.5, 0.6) is 5.75 Å². The summed E-state index contributed by atoms with van der Waals surface area (Å²) < 4.78 is 6.65. The summed E-state index contributed by atoms with van der Waals surface area (Å²) in [6, 6.07) is 60.3. The maximum Gasteiger partial charge on any atom is 0.196 e. The third-order valence-electron chi connectivity index (χ3n) is 9.07. The van der Waals surface area contributed by atoms with E-state index in [0.717, 1.165) is 50.2 Å². The number of rotatable bonds is 5. The van der Waals surface area contributed by atoms with Crippen molar-refractivity contribution in [2.24, 2.45) is 0 Å². The fourth-order valence-electron chi connectivity index (χ4n) is 6.90. The lowest BCUT2D eigenvalue weighted by molar-refractivity contribution is 0.262. The summed E-state index contributed by atoms with van der Waals surface area (Å²) in [5, 5.41) is 10.8. The summed E-state index contributed by atoms with van der Waals surface area (Å²) in [5.74, 6) is 0.903. The van der Waals surface area contributed by atoms with E-state index in [1.54, 1.807) is 0 Å². The molecule has 1 aliphatic rings. The van der Waals surface area contributed by atoms with E-state index < -0.39 is 0 Å². The topological polar surface area (TPSA) is 24.5 Å². The Morgan fingerprint density at radius 2 is 1.09 bits per heavy atom. The van der Waals surface area contributed by atoms with E-state index >= 15 is 0 Å². The van der Waals surface area contributed by atoms with Crippen molar-refractivity contribution in [3.8, 4) is 16.9 Å². The summed E-state index contributed by atoms with van der Waals surface area (Å²) in [6.07, 6.45) is -0.231. The molecule has 0 radical (unpaired) electrons. The lowest BCUT2D eigenvalue weighted by atomic mass is 9.97. The van der Waals surface area contributed by atoms with Crippen LogP contribution in [-0.4, -0.2) is 0 Å². The van der Waals surface area contributed by atoms with E-state index in [1.165, 1.54) is 27.3 Å². The molecule has 8 aromatic carbocycles. The SMILES string of the molecule is c1ccc(C2Nc3c(c4ccc(N(c5ccccc5)c5ccc(-c6cccc7ccccc67)cc5)cc4c4ccccc34)O2)cc1. The van der Waals surface area contributed by atoms with Gasteiger partial charge in [-0.3, -0.25) is 0 Å². The van der Waals surface area contributed by atoms with Gasteiger partial charge in [0.05, 0.1) is 5.69 Å². The predicted octanol–water partition coefficient (Wildman–Crippen LogP) is 11.8. The molecule has 0 fully saturated rings. The Balaban J connectivity index is 1.18. The lowest BCUT2D eigenvalue weighted by Crippen LogP contribution is -2.10. The molecule has 8 aromatic rings. The summed E-state index contributed by atoms with van der Waals surface area (Å²) in [4.78, 5) is 2.33. The summed E-state index contributed by atoms with van der Waals surface area (Å²) in [5.41, 5.74) is 7.89. The van der Waals surface area contributed by atoms with Crippen LogP contribution in [0, 0.1) is 0 Å². The van der Waals surface area contributed by atoms with E-state index in [4.69, 9.17) is 4.74 Å². The molecule has 3 heteroatoms. The number of anilines is 4. The first-order chi connectivity index (χ1) is 22.8. The molecule has 1 unspecified atom stereocenters. The van der Waals surface area contributed by atoms with Gasteiger partial charge >= 0.3 is 0 Å². The van der Waals surface area contributed by atoms with Crippen LogP contribution in [0.25, 0.3) is 43.4 Å². The minimum atomic E-state index is -0.231. The zero-order valence-electron chi connectivity index (χ0n) is 25.1. The molecule has 1 heterocycles. The number of para-hydroxylation sites is 1. The molecule has 0 bridgehead atoms. The first-order valence-corrected chi connectivity index (χ1v) is 15.7. The second-order valence-electron chi connectivity index (χ2n) is 11.8. The van der Waals surface area contributed by atoms with Gasteiger partial charge in [-0.2, -0.15) is 0 Å². The van der Waals surface area contributed by atoms with Crippen LogP contribution < -0.4 is 15.0 Å². The lowest BCUT2D eigenvalue weighted by Gasteiger charge is -2.26. The summed E-state index contributed by atoms with van der Waals surface area (Å²) in [6.45, 7) is 0. The minimum Gasteiger partial charge on any atom is -0.464 e. The van der Waals surface area contributed by atoms with Crippen LogP contribution in [0.4, 0.5) is 22.7 Å². The molecule has 46 heavy (non-hydrogen) atoms. The molecule has 1 N–H and O–H groups in total. The predicted molar refractivity (Wildman–Crippen MR) is 193 cm³/mol. The molecule has 0 saturated carbocycles. The second kappa shape index (κ2) is 10.8. The average molecular weight is 591 g/mol. The molecule has 9 rings (SSSR count). The number of hydrogen-bond acceptors (Lipinski definition) is 3. The summed E-state index contributed by atoms with van der Waals surface area (Å²) >= 11 is 0. The Bertz CT molecular complexity index is 2360. The van der Waals surface area contributed by atoms with Crippen LogP contribution in [-0.2, 0) is 0 Å². The molecule has 0 saturated heterocycles. The number of benzene rings is 8. The standard InChI is InChI=1S/C43H30N2O/c1-3-13-31(14-4-1)43-44-41-38-20-10-9-19-37(38)40-28-34(26-27-39(40)42(41)46-43)45(32-16-5-2-6-17-32)33-24-22-30(23-25-33)36-21-11-15-29-12-7-8-18-35(29)36/h1-28,43-44H. The largest absolute Gasteiger partial charge is 0.464 e. The van der Waals surface area contributed by atoms with E-state index in [1.807, 2.05) is 6.07 Å². The average Bonchev–Trinajstić information content (AvgIpc) is 3.59. The minimum absolute atomic E-state index is 0.231. The molecule has 1 atom stereocenters. The zero-order valence-corrected chi connectivity index (χ0v) is 25.1. The zero-order chi connectivity index (χ0) is 30.5. The van der Waals surface area contributed by atoms with E-state index in [-0.39, 0.29) is 6.23 Å². The Labute approximate surface area is 267 Å². The van der Waals surface area contributed by atoms with E-state index in [9.17, 15) is 0 Å². The van der Waals surface area contributed by atoms with Crippen LogP contribution >= 0.6 is 0 Å². The quantitative estimate of drug-likeness (QED) is 0.202. The van der Waals surface area contributed by atoms with Crippen molar-refractivity contribution >= 4 is 55.1 Å². The van der Waals surface area contributed by atoms with Gasteiger partial charge in [0.25, 0.3) is 0 Å². The monoisotopic (exact) mass is 590 g/mol. The van der Waals surface area contributed by atoms with Crippen LogP contribution in [0.2, 0.25) is 0 Å². The number of ether oxygens (including phenoxy) is 1. The molecular formula is C43H30N2O. The number of hydrogen-bond donors (Lipinski definition) is 1. The highest BCUT2D eigenvalue weighted by Crippen LogP contribution is 2.50. The number of nitrogens with one attached hydrogen (secondary N) is 1. The van der Waals surface area contributed by atoms with Gasteiger partial charge in [-0.25, -0.2) is 0 Å². The first kappa shape index (κ1) is 26.4. The van der Waals surface area contributed by atoms with E-state index in [0.29, 0.717) is 0 Å². The highest BCUT2D eigenvalue weighted by Gasteiger charge is 2.28. The summed E-state index contributed by atoms with van der Waals surface area (Å²) in [7, 11) is 0. The third-order valence-corrected chi connectivity index (χ3v) is 9.07. The molecule has 0 aromatic heterocycles. The Kier molecular flexibility index (Phi) is 6.20. The number of fused-ring (bicyclic) bond motifs is 7. The van der Waals surface area contributed by atoms with Crippen LogP contribution in [0.15, 0.2) is 170 Å². The highest BCUT2D eigenvalue weighted by atomic mass is 16.5. The smallest absolute Gasteiger partial charge is 0.196 e. The number of nitrogens with zero attached hydrogens (tertiary/aromatic N) is 1. The molecular weight excluding hydrogens is 560 g/mol. The first-order valence-electron chi connectivity index (χ1n) is 15.7. The molecule has 1 aliphatic heterocycles. The van der Waals surface area contributed by atoms with Gasteiger partial charge in [-0.15, -0.1) is 0 Å². The molecule has 0 aliphatic carbocycles. The van der Waals surface area contributed by atoms with Crippen molar-refractivity contribution in [1.82, 2.24) is 0 Å². The third kappa shape index (κ3) is 4.36. The van der Waals surface area contributed by atoms with Crippen molar-refractivity contribution in [1.29, 1.82) is 0 Å². The maximum atomic E-state index is 6.65. The van der Waals surface area contributed by atoms with Gasteiger partial charge in [-0.1, -0.05) is 127 Å². The van der Waals surface area contributed by atoms with Gasteiger partial charge in [0, 0.05) is 33.4 Å². The fourth-order valence-corrected chi connectivity index (χ4v) is 6.90. The Morgan fingerprint density at radius 1 is 0.457 bits per heavy atom. The second-order valence-corrected chi connectivity index (χ2v) is 11.8. The molecule has 3 nitrogen and oxygen atoms in total.